The third-order valence-electron chi connectivity index (χ3n) is 5.82. The van der Waals surface area contributed by atoms with E-state index in [1.54, 1.807) is 24.3 Å². The SMILES string of the molecule is Fc1ccc(COc2ccc(CNC3CCCCC3)cc2OCc2ccc(F)cc2)cc1. The molecular formula is C27H29F2NO2. The van der Waals surface area contributed by atoms with Crippen LogP contribution in [-0.4, -0.2) is 6.04 Å². The van der Waals surface area contributed by atoms with Crippen LogP contribution in [0.15, 0.2) is 66.7 Å². The van der Waals surface area contributed by atoms with E-state index >= 15 is 0 Å². The standard InChI is InChI=1S/C27H29F2NO2/c28-23-11-6-20(7-12-23)18-31-26-15-10-22(17-30-25-4-2-1-3-5-25)16-27(26)32-19-21-8-13-24(29)14-9-21/h6-16,25,30H,1-5,17-19H2. The first-order valence-electron chi connectivity index (χ1n) is 11.3. The molecule has 1 saturated carbocycles. The van der Waals surface area contributed by atoms with Gasteiger partial charge in [0.15, 0.2) is 11.5 Å². The summed E-state index contributed by atoms with van der Waals surface area (Å²) in [4.78, 5) is 0. The summed E-state index contributed by atoms with van der Waals surface area (Å²) in [7, 11) is 0. The maximum absolute atomic E-state index is 13.2. The van der Waals surface area contributed by atoms with Gasteiger partial charge < -0.3 is 14.8 Å². The second-order valence-corrected chi connectivity index (χ2v) is 8.33. The van der Waals surface area contributed by atoms with Crippen LogP contribution in [0.5, 0.6) is 11.5 Å². The van der Waals surface area contributed by atoms with Crippen LogP contribution >= 0.6 is 0 Å². The van der Waals surface area contributed by atoms with Crippen LogP contribution in [-0.2, 0) is 19.8 Å². The quantitative estimate of drug-likeness (QED) is 0.412. The minimum absolute atomic E-state index is 0.271. The zero-order chi connectivity index (χ0) is 22.2. The van der Waals surface area contributed by atoms with Gasteiger partial charge in [-0.1, -0.05) is 49.6 Å². The minimum Gasteiger partial charge on any atom is -0.485 e. The molecule has 1 fully saturated rings. The van der Waals surface area contributed by atoms with E-state index in [1.807, 2.05) is 18.2 Å². The van der Waals surface area contributed by atoms with Crippen molar-refractivity contribution in [2.45, 2.75) is 57.9 Å². The number of rotatable bonds is 9. The van der Waals surface area contributed by atoms with Crippen molar-refractivity contribution in [1.82, 2.24) is 5.32 Å². The first-order valence-corrected chi connectivity index (χ1v) is 11.3. The Hall–Kier alpha value is -2.92. The molecule has 0 aromatic heterocycles. The Morgan fingerprint density at radius 2 is 1.19 bits per heavy atom. The van der Waals surface area contributed by atoms with Crippen molar-refractivity contribution in [3.63, 3.8) is 0 Å². The van der Waals surface area contributed by atoms with Crippen LogP contribution in [0, 0.1) is 11.6 Å². The van der Waals surface area contributed by atoms with Crippen LogP contribution in [0.3, 0.4) is 0 Å². The Balaban J connectivity index is 1.44. The molecule has 0 heterocycles. The van der Waals surface area contributed by atoms with Crippen molar-refractivity contribution >= 4 is 0 Å². The summed E-state index contributed by atoms with van der Waals surface area (Å²) >= 11 is 0. The average Bonchev–Trinajstić information content (AvgIpc) is 2.83. The minimum atomic E-state index is -0.271. The van der Waals surface area contributed by atoms with Crippen molar-refractivity contribution in [3.05, 3.63) is 95.1 Å². The highest BCUT2D eigenvalue weighted by atomic mass is 19.1. The zero-order valence-corrected chi connectivity index (χ0v) is 18.2. The van der Waals surface area contributed by atoms with Gasteiger partial charge in [-0.2, -0.15) is 0 Å². The Morgan fingerprint density at radius 3 is 1.78 bits per heavy atom. The molecule has 1 aliphatic carbocycles. The third kappa shape index (κ3) is 6.54. The molecule has 168 valence electrons. The lowest BCUT2D eigenvalue weighted by molar-refractivity contribution is 0.255. The van der Waals surface area contributed by atoms with Crippen LogP contribution < -0.4 is 14.8 Å². The lowest BCUT2D eigenvalue weighted by atomic mass is 9.95. The maximum Gasteiger partial charge on any atom is 0.162 e. The van der Waals surface area contributed by atoms with E-state index in [2.05, 4.69) is 5.32 Å². The summed E-state index contributed by atoms with van der Waals surface area (Å²) in [6, 6.07) is 19.1. The van der Waals surface area contributed by atoms with E-state index in [9.17, 15) is 8.78 Å². The van der Waals surface area contributed by atoms with E-state index in [4.69, 9.17) is 9.47 Å². The van der Waals surface area contributed by atoms with E-state index in [0.29, 0.717) is 30.8 Å². The van der Waals surface area contributed by atoms with Crippen LogP contribution in [0.2, 0.25) is 0 Å². The number of hydrogen-bond donors (Lipinski definition) is 1. The normalized spacial score (nSPS) is 14.3. The molecule has 1 aliphatic rings. The first-order chi connectivity index (χ1) is 15.7. The second-order valence-electron chi connectivity index (χ2n) is 8.33. The van der Waals surface area contributed by atoms with Gasteiger partial charge in [0.2, 0.25) is 0 Å². The maximum atomic E-state index is 13.2. The lowest BCUT2D eigenvalue weighted by Crippen LogP contribution is -2.30. The Labute approximate surface area is 188 Å². The number of nitrogens with one attached hydrogen (secondary N) is 1. The summed E-state index contributed by atoms with van der Waals surface area (Å²) in [5.41, 5.74) is 2.87. The topological polar surface area (TPSA) is 30.5 Å². The van der Waals surface area contributed by atoms with Gasteiger partial charge in [-0.3, -0.25) is 0 Å². The van der Waals surface area contributed by atoms with Gasteiger partial charge in [0.1, 0.15) is 24.8 Å². The van der Waals surface area contributed by atoms with Gasteiger partial charge in [0, 0.05) is 12.6 Å². The molecule has 0 aliphatic heterocycles. The molecule has 0 radical (unpaired) electrons. The van der Waals surface area contributed by atoms with Gasteiger partial charge in [0.25, 0.3) is 0 Å². The fourth-order valence-electron chi connectivity index (χ4n) is 3.95. The van der Waals surface area contributed by atoms with E-state index in [0.717, 1.165) is 23.2 Å². The number of ether oxygens (including phenoxy) is 2. The van der Waals surface area contributed by atoms with Gasteiger partial charge in [0.05, 0.1) is 0 Å². The predicted molar refractivity (Wildman–Crippen MR) is 122 cm³/mol. The van der Waals surface area contributed by atoms with Crippen molar-refractivity contribution in [1.29, 1.82) is 0 Å². The fourth-order valence-corrected chi connectivity index (χ4v) is 3.95. The van der Waals surface area contributed by atoms with Crippen molar-refractivity contribution in [2.24, 2.45) is 0 Å². The molecule has 1 N–H and O–H groups in total. The molecule has 0 saturated heterocycles. The van der Waals surface area contributed by atoms with Gasteiger partial charge in [-0.15, -0.1) is 0 Å². The lowest BCUT2D eigenvalue weighted by Gasteiger charge is -2.23. The number of benzene rings is 3. The summed E-state index contributed by atoms with van der Waals surface area (Å²) in [6.07, 6.45) is 6.37. The summed E-state index contributed by atoms with van der Waals surface area (Å²) in [5.74, 6) is 0.719. The van der Waals surface area contributed by atoms with Crippen molar-refractivity contribution in [3.8, 4) is 11.5 Å². The van der Waals surface area contributed by atoms with Gasteiger partial charge in [-0.25, -0.2) is 8.78 Å². The largest absolute Gasteiger partial charge is 0.485 e. The summed E-state index contributed by atoms with van der Waals surface area (Å²) in [5, 5.41) is 3.65. The molecule has 0 unspecified atom stereocenters. The zero-order valence-electron chi connectivity index (χ0n) is 18.2. The summed E-state index contributed by atoms with van der Waals surface area (Å²) in [6.45, 7) is 1.40. The van der Waals surface area contributed by atoms with Crippen molar-refractivity contribution < 1.29 is 18.3 Å². The number of halogens is 2. The van der Waals surface area contributed by atoms with Crippen LogP contribution in [0.1, 0.15) is 48.8 Å². The molecule has 0 atom stereocenters. The smallest absolute Gasteiger partial charge is 0.162 e. The van der Waals surface area contributed by atoms with Crippen LogP contribution in [0.25, 0.3) is 0 Å². The first kappa shape index (κ1) is 22.3. The molecule has 5 heteroatoms. The molecule has 0 amide bonds. The number of hydrogen-bond acceptors (Lipinski definition) is 3. The Kier molecular flexibility index (Phi) is 7.73. The molecule has 3 aromatic carbocycles. The highest BCUT2D eigenvalue weighted by Gasteiger charge is 2.14. The van der Waals surface area contributed by atoms with Gasteiger partial charge >= 0.3 is 0 Å². The highest BCUT2D eigenvalue weighted by Crippen LogP contribution is 2.30. The highest BCUT2D eigenvalue weighted by molar-refractivity contribution is 5.43. The van der Waals surface area contributed by atoms with E-state index < -0.39 is 0 Å². The Morgan fingerprint density at radius 1 is 0.656 bits per heavy atom. The molecule has 4 rings (SSSR count). The van der Waals surface area contributed by atoms with E-state index in [-0.39, 0.29) is 11.6 Å². The molecule has 0 spiro atoms. The monoisotopic (exact) mass is 437 g/mol. The van der Waals surface area contributed by atoms with Gasteiger partial charge in [-0.05, 0) is 65.9 Å². The Bertz CT molecular complexity index is 984. The fraction of sp³-hybridized carbons (Fsp3) is 0.333. The third-order valence-corrected chi connectivity index (χ3v) is 5.82. The molecule has 0 bridgehead atoms. The van der Waals surface area contributed by atoms with Crippen LogP contribution in [0.4, 0.5) is 8.78 Å². The molecule has 3 aromatic rings. The molecule has 3 nitrogen and oxygen atoms in total. The predicted octanol–water partition coefficient (Wildman–Crippen LogP) is 6.55. The molecule has 32 heavy (non-hydrogen) atoms. The summed E-state index contributed by atoms with van der Waals surface area (Å²) < 4.78 is 38.4. The second kappa shape index (κ2) is 11.1. The van der Waals surface area contributed by atoms with Crippen molar-refractivity contribution in [2.75, 3.05) is 0 Å². The average molecular weight is 438 g/mol. The van der Waals surface area contributed by atoms with E-state index in [1.165, 1.54) is 56.4 Å². The molecular weight excluding hydrogens is 408 g/mol.